The van der Waals surface area contributed by atoms with Gasteiger partial charge < -0.3 is 5.11 Å². The maximum absolute atomic E-state index is 12.1. The van der Waals surface area contributed by atoms with Crippen LogP contribution in [0.15, 0.2) is 27.6 Å². The van der Waals surface area contributed by atoms with Gasteiger partial charge >= 0.3 is 5.97 Å². The Morgan fingerprint density at radius 3 is 2.50 bits per heavy atom. The summed E-state index contributed by atoms with van der Waals surface area (Å²) in [6.07, 6.45) is 0.548. The Morgan fingerprint density at radius 2 is 2.00 bits per heavy atom. The summed E-state index contributed by atoms with van der Waals surface area (Å²) in [6.45, 7) is 3.89. The standard InChI is InChI=1S/C12H15BrO4S/c1-8(2)5-6-18(16,17)11-7-9(12(14)15)3-4-10(11)13/h3-4,7-8H,5-6H2,1-2H3,(H,14,15). The van der Waals surface area contributed by atoms with Crippen molar-refractivity contribution >= 4 is 31.7 Å². The summed E-state index contributed by atoms with van der Waals surface area (Å²) in [5, 5.41) is 8.87. The maximum Gasteiger partial charge on any atom is 0.335 e. The van der Waals surface area contributed by atoms with E-state index >= 15 is 0 Å². The van der Waals surface area contributed by atoms with E-state index in [1.807, 2.05) is 13.8 Å². The number of carbonyl (C=O) groups is 1. The monoisotopic (exact) mass is 334 g/mol. The van der Waals surface area contributed by atoms with E-state index in [4.69, 9.17) is 5.11 Å². The first-order valence-electron chi connectivity index (χ1n) is 5.49. The first-order valence-corrected chi connectivity index (χ1v) is 7.94. The predicted octanol–water partition coefficient (Wildman–Crippen LogP) is 2.97. The van der Waals surface area contributed by atoms with Crippen molar-refractivity contribution in [1.29, 1.82) is 0 Å². The van der Waals surface area contributed by atoms with Crippen molar-refractivity contribution < 1.29 is 18.3 Å². The summed E-state index contributed by atoms with van der Waals surface area (Å²) >= 11 is 3.15. The molecule has 1 aromatic rings. The molecule has 6 heteroatoms. The average Bonchev–Trinajstić information content (AvgIpc) is 2.26. The molecular weight excluding hydrogens is 320 g/mol. The number of rotatable bonds is 5. The number of aromatic carboxylic acids is 1. The zero-order chi connectivity index (χ0) is 13.9. The lowest BCUT2D eigenvalue weighted by atomic mass is 10.2. The van der Waals surface area contributed by atoms with Gasteiger partial charge in [-0.1, -0.05) is 13.8 Å². The van der Waals surface area contributed by atoms with Crippen LogP contribution in [-0.2, 0) is 9.84 Å². The normalized spacial score (nSPS) is 11.8. The molecule has 0 aliphatic rings. The number of carboxylic acids is 1. The van der Waals surface area contributed by atoms with Crippen molar-refractivity contribution in [3.63, 3.8) is 0 Å². The molecule has 18 heavy (non-hydrogen) atoms. The van der Waals surface area contributed by atoms with Gasteiger partial charge in [-0.05, 0) is 46.5 Å². The van der Waals surface area contributed by atoms with Crippen molar-refractivity contribution in [2.75, 3.05) is 5.75 Å². The molecule has 0 unspecified atom stereocenters. The number of benzene rings is 1. The molecule has 0 aromatic heterocycles. The van der Waals surface area contributed by atoms with E-state index in [1.165, 1.54) is 18.2 Å². The van der Waals surface area contributed by atoms with Crippen molar-refractivity contribution in [3.05, 3.63) is 28.2 Å². The van der Waals surface area contributed by atoms with Crippen LogP contribution in [0.3, 0.4) is 0 Å². The molecule has 0 atom stereocenters. The highest BCUT2D eigenvalue weighted by molar-refractivity contribution is 9.10. The van der Waals surface area contributed by atoms with E-state index < -0.39 is 15.8 Å². The number of hydrogen-bond acceptors (Lipinski definition) is 3. The number of carboxylic acid groups (broad SMARTS) is 1. The third-order valence-electron chi connectivity index (χ3n) is 2.48. The molecule has 1 rings (SSSR count). The second-order valence-corrected chi connectivity index (χ2v) is 7.38. The SMILES string of the molecule is CC(C)CCS(=O)(=O)c1cc(C(=O)O)ccc1Br. The fourth-order valence-corrected chi connectivity index (χ4v) is 4.04. The molecule has 0 radical (unpaired) electrons. The van der Waals surface area contributed by atoms with E-state index in [0.717, 1.165) is 0 Å². The maximum atomic E-state index is 12.1. The molecule has 0 aliphatic heterocycles. The second-order valence-electron chi connectivity index (χ2n) is 4.45. The molecule has 0 fully saturated rings. The number of halogens is 1. The Morgan fingerprint density at radius 1 is 1.39 bits per heavy atom. The summed E-state index contributed by atoms with van der Waals surface area (Å²) in [6, 6.07) is 4.02. The summed E-state index contributed by atoms with van der Waals surface area (Å²) in [5.41, 5.74) is -0.0266. The van der Waals surface area contributed by atoms with Crippen LogP contribution < -0.4 is 0 Å². The van der Waals surface area contributed by atoms with Crippen LogP contribution in [0.4, 0.5) is 0 Å². The Balaban J connectivity index is 3.15. The molecule has 0 amide bonds. The molecule has 1 N–H and O–H groups in total. The minimum Gasteiger partial charge on any atom is -0.478 e. The Hall–Kier alpha value is -0.880. The molecule has 0 saturated heterocycles. The van der Waals surface area contributed by atoms with Crippen LogP contribution >= 0.6 is 15.9 Å². The third kappa shape index (κ3) is 3.81. The Bertz CT molecular complexity index is 549. The van der Waals surface area contributed by atoms with Crippen LogP contribution in [0.2, 0.25) is 0 Å². The summed E-state index contributed by atoms with van der Waals surface area (Å²) in [4.78, 5) is 10.9. The highest BCUT2D eigenvalue weighted by atomic mass is 79.9. The van der Waals surface area contributed by atoms with Gasteiger partial charge in [-0.3, -0.25) is 0 Å². The Labute approximate surface area is 115 Å². The first-order chi connectivity index (χ1) is 8.24. The molecule has 0 saturated carbocycles. The first kappa shape index (κ1) is 15.2. The molecule has 0 spiro atoms. The lowest BCUT2D eigenvalue weighted by molar-refractivity contribution is 0.0696. The van der Waals surface area contributed by atoms with Crippen molar-refractivity contribution in [2.45, 2.75) is 25.2 Å². The lowest BCUT2D eigenvalue weighted by Gasteiger charge is -2.09. The van der Waals surface area contributed by atoms with Gasteiger partial charge in [0.15, 0.2) is 9.84 Å². The quantitative estimate of drug-likeness (QED) is 0.898. The van der Waals surface area contributed by atoms with E-state index in [0.29, 0.717) is 10.9 Å². The third-order valence-corrected chi connectivity index (χ3v) is 5.21. The smallest absolute Gasteiger partial charge is 0.335 e. The lowest BCUT2D eigenvalue weighted by Crippen LogP contribution is -2.11. The van der Waals surface area contributed by atoms with Crippen LogP contribution in [-0.4, -0.2) is 25.2 Å². The minimum absolute atomic E-state index is 0.0202. The molecule has 1 aromatic carbocycles. The summed E-state index contributed by atoms with van der Waals surface area (Å²) in [7, 11) is -3.45. The van der Waals surface area contributed by atoms with Crippen molar-refractivity contribution in [2.24, 2.45) is 5.92 Å². The van der Waals surface area contributed by atoms with E-state index in [9.17, 15) is 13.2 Å². The summed E-state index contributed by atoms with van der Waals surface area (Å²) in [5.74, 6) is -0.837. The van der Waals surface area contributed by atoms with Crippen LogP contribution in [0.25, 0.3) is 0 Å². The minimum atomic E-state index is -3.45. The highest BCUT2D eigenvalue weighted by Crippen LogP contribution is 2.25. The molecule has 4 nitrogen and oxygen atoms in total. The van der Waals surface area contributed by atoms with Crippen molar-refractivity contribution in [1.82, 2.24) is 0 Å². The predicted molar refractivity (Wildman–Crippen MR) is 72.6 cm³/mol. The van der Waals surface area contributed by atoms with Crippen LogP contribution in [0.5, 0.6) is 0 Å². The number of hydrogen-bond donors (Lipinski definition) is 1. The van der Waals surface area contributed by atoms with Crippen LogP contribution in [0, 0.1) is 5.92 Å². The summed E-state index contributed by atoms with van der Waals surface area (Å²) < 4.78 is 24.6. The van der Waals surface area contributed by atoms with Crippen LogP contribution in [0.1, 0.15) is 30.6 Å². The second kappa shape index (κ2) is 5.84. The van der Waals surface area contributed by atoms with Gasteiger partial charge in [0, 0.05) is 4.47 Å². The van der Waals surface area contributed by atoms with E-state index in [2.05, 4.69) is 15.9 Å². The zero-order valence-electron chi connectivity index (χ0n) is 10.2. The van der Waals surface area contributed by atoms with Gasteiger partial charge in [-0.15, -0.1) is 0 Å². The molecule has 0 bridgehead atoms. The van der Waals surface area contributed by atoms with Gasteiger partial charge in [0.05, 0.1) is 16.2 Å². The molecule has 0 heterocycles. The topological polar surface area (TPSA) is 71.4 Å². The molecular formula is C12H15BrO4S. The fourth-order valence-electron chi connectivity index (χ4n) is 1.38. The average molecular weight is 335 g/mol. The van der Waals surface area contributed by atoms with E-state index in [-0.39, 0.29) is 22.1 Å². The largest absolute Gasteiger partial charge is 0.478 e. The van der Waals surface area contributed by atoms with E-state index in [1.54, 1.807) is 0 Å². The Kier molecular flexibility index (Phi) is 4.92. The number of sulfone groups is 1. The van der Waals surface area contributed by atoms with Crippen molar-refractivity contribution in [3.8, 4) is 0 Å². The molecule has 100 valence electrons. The molecule has 0 aliphatic carbocycles. The van der Waals surface area contributed by atoms with Gasteiger partial charge in [0.1, 0.15) is 0 Å². The highest BCUT2D eigenvalue weighted by Gasteiger charge is 2.20. The van der Waals surface area contributed by atoms with Gasteiger partial charge in [0.2, 0.25) is 0 Å². The van der Waals surface area contributed by atoms with Gasteiger partial charge in [0.25, 0.3) is 0 Å². The zero-order valence-corrected chi connectivity index (χ0v) is 12.6. The van der Waals surface area contributed by atoms with Gasteiger partial charge in [-0.25, -0.2) is 13.2 Å². The fraction of sp³-hybridized carbons (Fsp3) is 0.417. The van der Waals surface area contributed by atoms with Gasteiger partial charge in [-0.2, -0.15) is 0 Å².